The monoisotopic (exact) mass is 255 g/mol. The third-order valence-corrected chi connectivity index (χ3v) is 3.27. The second-order valence-electron chi connectivity index (χ2n) is 4.87. The number of hydrogen-bond acceptors (Lipinski definition) is 2. The Hall–Kier alpha value is -1.96. The summed E-state index contributed by atoms with van der Waals surface area (Å²) in [6.07, 6.45) is 3.43. The van der Waals surface area contributed by atoms with E-state index in [0.717, 1.165) is 30.6 Å². The zero-order chi connectivity index (χ0) is 13.5. The summed E-state index contributed by atoms with van der Waals surface area (Å²) >= 11 is 0. The van der Waals surface area contributed by atoms with Gasteiger partial charge in [0.1, 0.15) is 5.75 Å². The highest BCUT2D eigenvalue weighted by atomic mass is 16.3. The molecule has 0 aliphatic heterocycles. The van der Waals surface area contributed by atoms with E-state index >= 15 is 0 Å². The number of rotatable bonds is 6. The van der Waals surface area contributed by atoms with E-state index in [1.165, 1.54) is 12.0 Å². The van der Waals surface area contributed by atoms with Gasteiger partial charge in [-0.05, 0) is 43.4 Å². The highest BCUT2D eigenvalue weighted by Gasteiger charge is 1.98. The van der Waals surface area contributed by atoms with Gasteiger partial charge in [0.05, 0.1) is 0 Å². The van der Waals surface area contributed by atoms with Crippen LogP contribution in [0.5, 0.6) is 5.75 Å². The number of benzene rings is 2. The highest BCUT2D eigenvalue weighted by Crippen LogP contribution is 2.20. The molecule has 2 aromatic rings. The number of anilines is 1. The number of aryl methyl sites for hydroxylation is 2. The van der Waals surface area contributed by atoms with Crippen LogP contribution >= 0.6 is 0 Å². The molecule has 2 nitrogen and oxygen atoms in total. The number of hydrogen-bond donors (Lipinski definition) is 2. The quantitative estimate of drug-likeness (QED) is 0.760. The average molecular weight is 255 g/mol. The third kappa shape index (κ3) is 4.32. The first-order chi connectivity index (χ1) is 9.25. The number of nitrogens with one attached hydrogen (secondary N) is 1. The van der Waals surface area contributed by atoms with Gasteiger partial charge in [0.2, 0.25) is 0 Å². The van der Waals surface area contributed by atoms with Crippen molar-refractivity contribution in [3.05, 3.63) is 59.7 Å². The first kappa shape index (κ1) is 13.5. The molecule has 0 atom stereocenters. The number of phenolic OH excluding ortho intramolecular Hbond substituents is 1. The summed E-state index contributed by atoms with van der Waals surface area (Å²) in [6, 6.07) is 16.3. The molecule has 0 heterocycles. The standard InChI is InChI=1S/C17H21NO/c1-14-10-11-16(13-17(14)19)18-12-6-5-9-15-7-3-2-4-8-15/h2-4,7-8,10-11,13,18-19H,5-6,9,12H2,1H3. The van der Waals surface area contributed by atoms with E-state index < -0.39 is 0 Å². The Kier molecular flexibility index (Phi) is 4.85. The number of phenols is 1. The van der Waals surface area contributed by atoms with Crippen molar-refractivity contribution in [2.45, 2.75) is 26.2 Å². The van der Waals surface area contributed by atoms with Crippen molar-refractivity contribution in [3.8, 4) is 5.75 Å². The Balaban J connectivity index is 1.68. The van der Waals surface area contributed by atoms with E-state index in [1.807, 2.05) is 19.1 Å². The van der Waals surface area contributed by atoms with Gasteiger partial charge < -0.3 is 10.4 Å². The Bertz CT molecular complexity index is 508. The van der Waals surface area contributed by atoms with Gasteiger partial charge >= 0.3 is 0 Å². The minimum atomic E-state index is 0.356. The van der Waals surface area contributed by atoms with Crippen molar-refractivity contribution >= 4 is 5.69 Å². The van der Waals surface area contributed by atoms with E-state index in [2.05, 4.69) is 35.6 Å². The molecule has 0 bridgehead atoms. The van der Waals surface area contributed by atoms with Crippen molar-refractivity contribution in [1.82, 2.24) is 0 Å². The van der Waals surface area contributed by atoms with Gasteiger partial charge in [-0.1, -0.05) is 36.4 Å². The maximum atomic E-state index is 9.61. The van der Waals surface area contributed by atoms with Gasteiger partial charge in [0, 0.05) is 18.3 Å². The molecular weight excluding hydrogens is 234 g/mol. The van der Waals surface area contributed by atoms with Crippen LogP contribution in [0, 0.1) is 6.92 Å². The molecule has 2 N–H and O–H groups in total. The smallest absolute Gasteiger partial charge is 0.120 e. The molecule has 0 fully saturated rings. The molecule has 0 unspecified atom stereocenters. The van der Waals surface area contributed by atoms with Crippen LogP contribution in [0.15, 0.2) is 48.5 Å². The minimum absolute atomic E-state index is 0.356. The van der Waals surface area contributed by atoms with E-state index in [0.29, 0.717) is 5.75 Å². The van der Waals surface area contributed by atoms with E-state index in [9.17, 15) is 5.11 Å². The SMILES string of the molecule is Cc1ccc(NCCCCc2ccccc2)cc1O. The van der Waals surface area contributed by atoms with Crippen molar-refractivity contribution in [3.63, 3.8) is 0 Å². The molecule has 100 valence electrons. The van der Waals surface area contributed by atoms with Crippen LogP contribution in [0.3, 0.4) is 0 Å². The lowest BCUT2D eigenvalue weighted by atomic mass is 10.1. The molecule has 0 aliphatic rings. The molecule has 0 radical (unpaired) electrons. The molecule has 2 heteroatoms. The molecule has 0 aliphatic carbocycles. The summed E-state index contributed by atoms with van der Waals surface area (Å²) in [5.74, 6) is 0.356. The average Bonchev–Trinajstić information content (AvgIpc) is 2.43. The van der Waals surface area contributed by atoms with Crippen molar-refractivity contribution in [2.75, 3.05) is 11.9 Å². The lowest BCUT2D eigenvalue weighted by Gasteiger charge is -2.08. The molecule has 0 amide bonds. The molecular formula is C17H21NO. The fourth-order valence-electron chi connectivity index (χ4n) is 2.05. The molecule has 2 aromatic carbocycles. The Morgan fingerprint density at radius 2 is 1.79 bits per heavy atom. The second kappa shape index (κ2) is 6.83. The van der Waals surface area contributed by atoms with Gasteiger partial charge in [-0.3, -0.25) is 0 Å². The lowest BCUT2D eigenvalue weighted by molar-refractivity contribution is 0.471. The molecule has 0 saturated carbocycles. The highest BCUT2D eigenvalue weighted by molar-refractivity contribution is 5.50. The Morgan fingerprint density at radius 1 is 1.00 bits per heavy atom. The topological polar surface area (TPSA) is 32.3 Å². The first-order valence-corrected chi connectivity index (χ1v) is 6.83. The summed E-state index contributed by atoms with van der Waals surface area (Å²) in [7, 11) is 0. The van der Waals surface area contributed by atoms with Crippen molar-refractivity contribution < 1.29 is 5.11 Å². The van der Waals surface area contributed by atoms with E-state index in [1.54, 1.807) is 6.07 Å². The van der Waals surface area contributed by atoms with Crippen LogP contribution < -0.4 is 5.32 Å². The summed E-state index contributed by atoms with van der Waals surface area (Å²) in [5, 5.41) is 13.0. The van der Waals surface area contributed by atoms with Gasteiger partial charge in [-0.25, -0.2) is 0 Å². The summed E-state index contributed by atoms with van der Waals surface area (Å²) < 4.78 is 0. The van der Waals surface area contributed by atoms with Gasteiger partial charge in [-0.15, -0.1) is 0 Å². The van der Waals surface area contributed by atoms with Gasteiger partial charge in [-0.2, -0.15) is 0 Å². The predicted molar refractivity (Wildman–Crippen MR) is 80.7 cm³/mol. The second-order valence-corrected chi connectivity index (χ2v) is 4.87. The molecule has 0 saturated heterocycles. The summed E-state index contributed by atoms with van der Waals surface area (Å²) in [6.45, 7) is 2.84. The van der Waals surface area contributed by atoms with E-state index in [-0.39, 0.29) is 0 Å². The molecule has 2 rings (SSSR count). The first-order valence-electron chi connectivity index (χ1n) is 6.83. The predicted octanol–water partition coefficient (Wildman–Crippen LogP) is 4.14. The van der Waals surface area contributed by atoms with Crippen LogP contribution in [0.25, 0.3) is 0 Å². The summed E-state index contributed by atoms with van der Waals surface area (Å²) in [4.78, 5) is 0. The zero-order valence-corrected chi connectivity index (χ0v) is 11.4. The van der Waals surface area contributed by atoms with Crippen molar-refractivity contribution in [2.24, 2.45) is 0 Å². The van der Waals surface area contributed by atoms with Crippen LogP contribution in [-0.2, 0) is 6.42 Å². The summed E-state index contributed by atoms with van der Waals surface area (Å²) in [5.41, 5.74) is 3.30. The molecule has 0 aromatic heterocycles. The zero-order valence-electron chi connectivity index (χ0n) is 11.4. The largest absolute Gasteiger partial charge is 0.508 e. The van der Waals surface area contributed by atoms with Crippen LogP contribution in [0.1, 0.15) is 24.0 Å². The van der Waals surface area contributed by atoms with Gasteiger partial charge in [0.25, 0.3) is 0 Å². The van der Waals surface area contributed by atoms with Crippen LogP contribution in [0.4, 0.5) is 5.69 Å². The van der Waals surface area contributed by atoms with Gasteiger partial charge in [0.15, 0.2) is 0 Å². The Morgan fingerprint density at radius 3 is 2.53 bits per heavy atom. The Labute approximate surface area is 115 Å². The maximum Gasteiger partial charge on any atom is 0.120 e. The lowest BCUT2D eigenvalue weighted by Crippen LogP contribution is -2.02. The normalized spacial score (nSPS) is 10.4. The van der Waals surface area contributed by atoms with Crippen molar-refractivity contribution in [1.29, 1.82) is 0 Å². The fourth-order valence-corrected chi connectivity index (χ4v) is 2.05. The van der Waals surface area contributed by atoms with Crippen LogP contribution in [0.2, 0.25) is 0 Å². The van der Waals surface area contributed by atoms with E-state index in [4.69, 9.17) is 0 Å². The maximum absolute atomic E-state index is 9.61. The third-order valence-electron chi connectivity index (χ3n) is 3.27. The van der Waals surface area contributed by atoms with Crippen LogP contribution in [-0.4, -0.2) is 11.7 Å². The fraction of sp³-hybridized carbons (Fsp3) is 0.294. The number of aromatic hydroxyl groups is 1. The molecule has 19 heavy (non-hydrogen) atoms. The minimum Gasteiger partial charge on any atom is -0.508 e. The number of unbranched alkanes of at least 4 members (excludes halogenated alkanes) is 1. The molecule has 0 spiro atoms.